The Morgan fingerprint density at radius 1 is 1.33 bits per heavy atom. The van der Waals surface area contributed by atoms with Crippen molar-refractivity contribution in [3.05, 3.63) is 23.8 Å². The lowest BCUT2D eigenvalue weighted by Gasteiger charge is -2.26. The quantitative estimate of drug-likeness (QED) is 0.904. The van der Waals surface area contributed by atoms with E-state index in [0.717, 1.165) is 17.1 Å². The smallest absolute Gasteiger partial charge is 0.240 e. The van der Waals surface area contributed by atoms with Crippen molar-refractivity contribution in [2.75, 3.05) is 13.3 Å². The Morgan fingerprint density at radius 3 is 2.62 bits per heavy atom. The average Bonchev–Trinajstić information content (AvgIpc) is 2.90. The van der Waals surface area contributed by atoms with Gasteiger partial charge in [-0.1, -0.05) is 19.9 Å². The molecule has 1 heterocycles. The van der Waals surface area contributed by atoms with Crippen LogP contribution in [0.4, 0.5) is 0 Å². The zero-order chi connectivity index (χ0) is 14.7. The maximum absolute atomic E-state index is 12.3. The zero-order valence-electron chi connectivity index (χ0n) is 12.7. The molecule has 1 amide bonds. The molecular formula is C15H23ClN2O3. The van der Waals surface area contributed by atoms with Crippen LogP contribution in [0.25, 0.3) is 0 Å². The number of rotatable bonds is 5. The standard InChI is InChI=1S/C15H22N2O3.ClH/c1-4-17(15(18)14(16)10(2)3)8-11-5-6-12-13(7-11)20-9-19-12;/h5-7,10,14H,4,8-9,16H2,1-3H3;1H. The van der Waals surface area contributed by atoms with Crippen molar-refractivity contribution in [2.45, 2.75) is 33.4 Å². The number of nitrogens with two attached hydrogens (primary N) is 1. The summed E-state index contributed by atoms with van der Waals surface area (Å²) in [7, 11) is 0. The topological polar surface area (TPSA) is 64.8 Å². The Bertz CT molecular complexity index is 494. The van der Waals surface area contributed by atoms with Gasteiger partial charge in [0.1, 0.15) is 0 Å². The van der Waals surface area contributed by atoms with Crippen LogP contribution in [0.1, 0.15) is 26.3 Å². The number of halogens is 1. The van der Waals surface area contributed by atoms with Gasteiger partial charge in [-0.15, -0.1) is 12.4 Å². The molecule has 1 unspecified atom stereocenters. The van der Waals surface area contributed by atoms with Gasteiger partial charge < -0.3 is 20.1 Å². The van der Waals surface area contributed by atoms with E-state index in [2.05, 4.69) is 0 Å². The van der Waals surface area contributed by atoms with Crippen molar-refractivity contribution in [3.8, 4) is 11.5 Å². The summed E-state index contributed by atoms with van der Waals surface area (Å²) in [5.41, 5.74) is 6.96. The molecule has 1 aromatic carbocycles. The number of amides is 1. The molecule has 1 aliphatic heterocycles. The SMILES string of the molecule is CCN(Cc1ccc2c(c1)OCO2)C(=O)C(N)C(C)C.Cl. The van der Waals surface area contributed by atoms with Crippen molar-refractivity contribution >= 4 is 18.3 Å². The fraction of sp³-hybridized carbons (Fsp3) is 0.533. The highest BCUT2D eigenvalue weighted by molar-refractivity contribution is 5.85. The number of fused-ring (bicyclic) bond motifs is 1. The minimum atomic E-state index is -0.455. The number of hydrogen-bond donors (Lipinski definition) is 1. The van der Waals surface area contributed by atoms with Gasteiger partial charge in [0, 0.05) is 13.1 Å². The summed E-state index contributed by atoms with van der Waals surface area (Å²) < 4.78 is 10.6. The zero-order valence-corrected chi connectivity index (χ0v) is 13.5. The van der Waals surface area contributed by atoms with Crippen LogP contribution in [0, 0.1) is 5.92 Å². The van der Waals surface area contributed by atoms with Crippen LogP contribution < -0.4 is 15.2 Å². The second-order valence-electron chi connectivity index (χ2n) is 5.31. The molecule has 1 aliphatic rings. The van der Waals surface area contributed by atoms with Gasteiger partial charge in [-0.3, -0.25) is 4.79 Å². The summed E-state index contributed by atoms with van der Waals surface area (Å²) in [6, 6.07) is 5.28. The molecule has 118 valence electrons. The molecule has 0 radical (unpaired) electrons. The van der Waals surface area contributed by atoms with Crippen LogP contribution in [0.2, 0.25) is 0 Å². The van der Waals surface area contributed by atoms with Crippen molar-refractivity contribution in [1.29, 1.82) is 0 Å². The minimum absolute atomic E-state index is 0. The van der Waals surface area contributed by atoms with Crippen LogP contribution in [-0.2, 0) is 11.3 Å². The third-order valence-corrected chi connectivity index (χ3v) is 3.51. The van der Waals surface area contributed by atoms with Gasteiger partial charge in [0.25, 0.3) is 0 Å². The first kappa shape index (κ1) is 17.6. The van der Waals surface area contributed by atoms with Crippen molar-refractivity contribution in [2.24, 2.45) is 11.7 Å². The van der Waals surface area contributed by atoms with E-state index in [-0.39, 0.29) is 31.0 Å². The first-order valence-electron chi connectivity index (χ1n) is 6.95. The van der Waals surface area contributed by atoms with Crippen LogP contribution in [0.15, 0.2) is 18.2 Å². The monoisotopic (exact) mass is 314 g/mol. The summed E-state index contributed by atoms with van der Waals surface area (Å²) in [5.74, 6) is 1.61. The number of hydrogen-bond acceptors (Lipinski definition) is 4. The second-order valence-corrected chi connectivity index (χ2v) is 5.31. The molecule has 0 bridgehead atoms. The van der Waals surface area contributed by atoms with E-state index in [1.54, 1.807) is 4.90 Å². The molecule has 1 atom stereocenters. The third kappa shape index (κ3) is 4.02. The molecule has 0 spiro atoms. The normalized spacial score (nSPS) is 13.8. The minimum Gasteiger partial charge on any atom is -0.454 e. The molecule has 0 saturated heterocycles. The molecule has 0 saturated carbocycles. The summed E-state index contributed by atoms with van der Waals surface area (Å²) in [6.45, 7) is 7.29. The Labute approximate surface area is 131 Å². The van der Waals surface area contributed by atoms with E-state index in [0.29, 0.717) is 13.1 Å². The number of nitrogens with zero attached hydrogens (tertiary/aromatic N) is 1. The molecule has 5 nitrogen and oxygen atoms in total. The number of benzene rings is 1. The molecule has 2 N–H and O–H groups in total. The van der Waals surface area contributed by atoms with Crippen molar-refractivity contribution in [1.82, 2.24) is 4.90 Å². The Balaban J connectivity index is 0.00000220. The van der Waals surface area contributed by atoms with Crippen molar-refractivity contribution < 1.29 is 14.3 Å². The van der Waals surface area contributed by atoms with E-state index in [1.807, 2.05) is 39.0 Å². The lowest BCUT2D eigenvalue weighted by molar-refractivity contribution is -0.134. The van der Waals surface area contributed by atoms with Gasteiger partial charge in [-0.05, 0) is 30.5 Å². The molecule has 21 heavy (non-hydrogen) atoms. The van der Waals surface area contributed by atoms with Gasteiger partial charge in [-0.2, -0.15) is 0 Å². The van der Waals surface area contributed by atoms with Crippen LogP contribution in [0.5, 0.6) is 11.5 Å². The Kier molecular flexibility index (Phi) is 6.30. The Morgan fingerprint density at radius 2 is 2.00 bits per heavy atom. The highest BCUT2D eigenvalue weighted by atomic mass is 35.5. The highest BCUT2D eigenvalue weighted by Gasteiger charge is 2.23. The van der Waals surface area contributed by atoms with Gasteiger partial charge >= 0.3 is 0 Å². The summed E-state index contributed by atoms with van der Waals surface area (Å²) in [4.78, 5) is 14.1. The predicted molar refractivity (Wildman–Crippen MR) is 83.7 cm³/mol. The lowest BCUT2D eigenvalue weighted by atomic mass is 10.0. The molecular weight excluding hydrogens is 292 g/mol. The second kappa shape index (κ2) is 7.52. The fourth-order valence-corrected chi connectivity index (χ4v) is 2.10. The van der Waals surface area contributed by atoms with Gasteiger partial charge in [-0.25, -0.2) is 0 Å². The van der Waals surface area contributed by atoms with Crippen LogP contribution >= 0.6 is 12.4 Å². The van der Waals surface area contributed by atoms with Gasteiger partial charge in [0.05, 0.1) is 6.04 Å². The fourth-order valence-electron chi connectivity index (χ4n) is 2.10. The highest BCUT2D eigenvalue weighted by Crippen LogP contribution is 2.32. The van der Waals surface area contributed by atoms with Gasteiger partial charge in [0.15, 0.2) is 11.5 Å². The van der Waals surface area contributed by atoms with E-state index < -0.39 is 6.04 Å². The molecule has 2 rings (SSSR count). The number of ether oxygens (including phenoxy) is 2. The van der Waals surface area contributed by atoms with E-state index in [9.17, 15) is 4.79 Å². The lowest BCUT2D eigenvalue weighted by Crippen LogP contribution is -2.46. The summed E-state index contributed by atoms with van der Waals surface area (Å²) in [5, 5.41) is 0. The number of carbonyl (C=O) groups is 1. The van der Waals surface area contributed by atoms with E-state index in [1.165, 1.54) is 0 Å². The molecule has 6 heteroatoms. The molecule has 0 aromatic heterocycles. The maximum atomic E-state index is 12.3. The number of carbonyl (C=O) groups excluding carboxylic acids is 1. The van der Waals surface area contributed by atoms with Crippen molar-refractivity contribution in [3.63, 3.8) is 0 Å². The maximum Gasteiger partial charge on any atom is 0.240 e. The third-order valence-electron chi connectivity index (χ3n) is 3.51. The predicted octanol–water partition coefficient (Wildman–Crippen LogP) is 2.17. The van der Waals surface area contributed by atoms with Gasteiger partial charge in [0.2, 0.25) is 12.7 Å². The van der Waals surface area contributed by atoms with Crippen LogP contribution in [0.3, 0.4) is 0 Å². The average molecular weight is 315 g/mol. The summed E-state index contributed by atoms with van der Waals surface area (Å²) >= 11 is 0. The number of likely N-dealkylation sites (N-methyl/N-ethyl adjacent to an activating group) is 1. The Hall–Kier alpha value is -1.46. The van der Waals surface area contributed by atoms with Crippen LogP contribution in [-0.4, -0.2) is 30.2 Å². The largest absolute Gasteiger partial charge is 0.454 e. The van der Waals surface area contributed by atoms with E-state index in [4.69, 9.17) is 15.2 Å². The first-order valence-corrected chi connectivity index (χ1v) is 6.95. The summed E-state index contributed by atoms with van der Waals surface area (Å²) in [6.07, 6.45) is 0. The molecule has 0 fully saturated rings. The van der Waals surface area contributed by atoms with E-state index >= 15 is 0 Å². The first-order chi connectivity index (χ1) is 9.52. The molecule has 1 aromatic rings. The molecule has 0 aliphatic carbocycles.